The molecular weight excluding hydrogens is 278 g/mol. The van der Waals surface area contributed by atoms with Crippen LogP contribution in [-0.2, 0) is 10.4 Å². The number of carbonyl (C=O) groups excluding carboxylic acids is 1. The van der Waals surface area contributed by atoms with Crippen molar-refractivity contribution in [3.8, 4) is 5.75 Å². The third-order valence-corrected chi connectivity index (χ3v) is 4.27. The number of benzene rings is 1. The quantitative estimate of drug-likeness (QED) is 0.870. The van der Waals surface area contributed by atoms with E-state index in [4.69, 9.17) is 4.74 Å². The summed E-state index contributed by atoms with van der Waals surface area (Å²) in [5.74, 6) is 0.736. The average Bonchev–Trinajstić information content (AvgIpc) is 2.97. The highest BCUT2D eigenvalue weighted by molar-refractivity contribution is 5.88. The molecule has 1 amide bonds. The molecule has 0 unspecified atom stereocenters. The summed E-state index contributed by atoms with van der Waals surface area (Å²) in [6.45, 7) is 6.29. The van der Waals surface area contributed by atoms with E-state index >= 15 is 0 Å². The molecular formula is C18H25NO3. The molecule has 1 aliphatic heterocycles. The maximum Gasteiger partial charge on any atom is 0.246 e. The maximum atomic E-state index is 12.4. The Bertz CT molecular complexity index is 556. The van der Waals surface area contributed by atoms with Gasteiger partial charge in [-0.1, -0.05) is 17.7 Å². The Balaban J connectivity index is 2.26. The van der Waals surface area contributed by atoms with E-state index in [0.29, 0.717) is 6.54 Å². The van der Waals surface area contributed by atoms with Crippen LogP contribution in [0.3, 0.4) is 0 Å². The topological polar surface area (TPSA) is 49.8 Å². The molecule has 4 heteroatoms. The minimum absolute atomic E-state index is 0.0173. The third-order valence-electron chi connectivity index (χ3n) is 4.27. The third kappa shape index (κ3) is 3.33. The van der Waals surface area contributed by atoms with Crippen molar-refractivity contribution in [1.29, 1.82) is 0 Å². The van der Waals surface area contributed by atoms with Gasteiger partial charge in [0.1, 0.15) is 11.4 Å². The van der Waals surface area contributed by atoms with Gasteiger partial charge in [-0.3, -0.25) is 4.79 Å². The van der Waals surface area contributed by atoms with Gasteiger partial charge in [0, 0.05) is 12.6 Å². The Morgan fingerprint density at radius 3 is 2.55 bits per heavy atom. The minimum Gasteiger partial charge on any atom is -0.497 e. The smallest absolute Gasteiger partial charge is 0.246 e. The van der Waals surface area contributed by atoms with E-state index in [-0.39, 0.29) is 11.9 Å². The van der Waals surface area contributed by atoms with E-state index in [1.54, 1.807) is 25.0 Å². The summed E-state index contributed by atoms with van der Waals surface area (Å²) in [5.41, 5.74) is 0.698. The van der Waals surface area contributed by atoms with E-state index in [1.165, 1.54) is 0 Å². The summed E-state index contributed by atoms with van der Waals surface area (Å²) in [7, 11) is 1.62. The number of amides is 1. The monoisotopic (exact) mass is 303 g/mol. The highest BCUT2D eigenvalue weighted by atomic mass is 16.5. The van der Waals surface area contributed by atoms with Gasteiger partial charge in [-0.15, -0.1) is 0 Å². The zero-order valence-corrected chi connectivity index (χ0v) is 13.8. The lowest BCUT2D eigenvalue weighted by atomic mass is 9.86. The Morgan fingerprint density at radius 1 is 1.36 bits per heavy atom. The SMILES string of the molecule is COc1ccc([C@](C)(O)[C@@H]2CCCN2C(=O)C=C(C)C)cc1. The first kappa shape index (κ1) is 16.6. The summed E-state index contributed by atoms with van der Waals surface area (Å²) >= 11 is 0. The van der Waals surface area contributed by atoms with Gasteiger partial charge in [-0.2, -0.15) is 0 Å². The lowest BCUT2D eigenvalue weighted by Gasteiger charge is -2.36. The average molecular weight is 303 g/mol. The van der Waals surface area contributed by atoms with Gasteiger partial charge in [0.05, 0.1) is 13.2 Å². The van der Waals surface area contributed by atoms with Crippen molar-refractivity contribution in [2.75, 3.05) is 13.7 Å². The molecule has 1 aromatic rings. The molecule has 0 aliphatic carbocycles. The minimum atomic E-state index is -1.08. The molecule has 1 aliphatic rings. The van der Waals surface area contributed by atoms with Crippen LogP contribution in [0.15, 0.2) is 35.9 Å². The second kappa shape index (κ2) is 6.53. The summed E-state index contributed by atoms with van der Waals surface area (Å²) < 4.78 is 5.16. The first-order chi connectivity index (χ1) is 10.4. The molecule has 2 rings (SSSR count). The van der Waals surface area contributed by atoms with Crippen molar-refractivity contribution in [2.24, 2.45) is 0 Å². The van der Waals surface area contributed by atoms with E-state index in [2.05, 4.69) is 0 Å². The van der Waals surface area contributed by atoms with Gasteiger partial charge in [0.25, 0.3) is 0 Å². The number of hydrogen-bond acceptors (Lipinski definition) is 3. The largest absolute Gasteiger partial charge is 0.497 e. The molecule has 0 aromatic heterocycles. The molecule has 0 radical (unpaired) electrons. The van der Waals surface area contributed by atoms with Crippen LogP contribution in [0.4, 0.5) is 0 Å². The van der Waals surface area contributed by atoms with Crippen molar-refractivity contribution in [1.82, 2.24) is 4.90 Å². The predicted molar refractivity (Wildman–Crippen MR) is 86.7 cm³/mol. The van der Waals surface area contributed by atoms with Crippen LogP contribution in [0.25, 0.3) is 0 Å². The highest BCUT2D eigenvalue weighted by Gasteiger charge is 2.42. The van der Waals surface area contributed by atoms with Gasteiger partial charge in [-0.05, 0) is 51.3 Å². The van der Waals surface area contributed by atoms with Gasteiger partial charge in [0.15, 0.2) is 0 Å². The molecule has 4 nitrogen and oxygen atoms in total. The Labute approximate surface area is 132 Å². The van der Waals surface area contributed by atoms with Gasteiger partial charge in [0.2, 0.25) is 5.91 Å². The second-order valence-electron chi connectivity index (χ2n) is 6.29. The Hall–Kier alpha value is -1.81. The zero-order valence-electron chi connectivity index (χ0n) is 13.8. The highest BCUT2D eigenvalue weighted by Crippen LogP contribution is 2.35. The van der Waals surface area contributed by atoms with E-state index in [9.17, 15) is 9.90 Å². The molecule has 22 heavy (non-hydrogen) atoms. The molecule has 1 heterocycles. The van der Waals surface area contributed by atoms with Gasteiger partial charge < -0.3 is 14.7 Å². The van der Waals surface area contributed by atoms with Crippen LogP contribution >= 0.6 is 0 Å². The van der Waals surface area contributed by atoms with Crippen LogP contribution in [-0.4, -0.2) is 35.6 Å². The number of ether oxygens (including phenoxy) is 1. The molecule has 2 atom stereocenters. The van der Waals surface area contributed by atoms with Gasteiger partial charge >= 0.3 is 0 Å². The Morgan fingerprint density at radius 2 is 2.00 bits per heavy atom. The van der Waals surface area contributed by atoms with Crippen molar-refractivity contribution in [3.05, 3.63) is 41.5 Å². The van der Waals surface area contributed by atoms with Crippen LogP contribution in [0.2, 0.25) is 0 Å². The first-order valence-electron chi connectivity index (χ1n) is 7.68. The lowest BCUT2D eigenvalue weighted by Crippen LogP contribution is -2.47. The maximum absolute atomic E-state index is 12.4. The first-order valence-corrected chi connectivity index (χ1v) is 7.68. The summed E-state index contributed by atoms with van der Waals surface area (Å²) in [5, 5.41) is 11.0. The fourth-order valence-corrected chi connectivity index (χ4v) is 3.07. The van der Waals surface area contributed by atoms with E-state index in [0.717, 1.165) is 29.7 Å². The molecule has 120 valence electrons. The molecule has 0 saturated carbocycles. The number of likely N-dealkylation sites (tertiary alicyclic amines) is 1. The zero-order chi connectivity index (χ0) is 16.3. The Kier molecular flexibility index (Phi) is 4.91. The number of carbonyl (C=O) groups is 1. The fourth-order valence-electron chi connectivity index (χ4n) is 3.07. The van der Waals surface area contributed by atoms with Crippen molar-refractivity contribution < 1.29 is 14.6 Å². The van der Waals surface area contributed by atoms with Crippen LogP contribution in [0.5, 0.6) is 5.75 Å². The molecule has 1 N–H and O–H groups in total. The van der Waals surface area contributed by atoms with Crippen molar-refractivity contribution in [2.45, 2.75) is 45.3 Å². The van der Waals surface area contributed by atoms with E-state index < -0.39 is 5.60 Å². The number of rotatable bonds is 4. The van der Waals surface area contributed by atoms with Gasteiger partial charge in [-0.25, -0.2) is 0 Å². The van der Waals surface area contributed by atoms with Crippen LogP contribution in [0, 0.1) is 0 Å². The molecule has 0 bridgehead atoms. The van der Waals surface area contributed by atoms with Crippen molar-refractivity contribution in [3.63, 3.8) is 0 Å². The normalized spacial score (nSPS) is 20.4. The van der Waals surface area contributed by atoms with Crippen LogP contribution < -0.4 is 4.74 Å². The number of aliphatic hydroxyl groups is 1. The number of nitrogens with zero attached hydrogens (tertiary/aromatic N) is 1. The summed E-state index contributed by atoms with van der Waals surface area (Å²) in [4.78, 5) is 14.2. The molecule has 1 fully saturated rings. The number of allylic oxidation sites excluding steroid dienone is 1. The molecule has 1 aromatic carbocycles. The second-order valence-corrected chi connectivity index (χ2v) is 6.29. The fraction of sp³-hybridized carbons (Fsp3) is 0.500. The standard InChI is InChI=1S/C18H25NO3/c1-13(2)12-17(20)19-11-5-6-16(19)18(3,21)14-7-9-15(22-4)10-8-14/h7-10,12,16,21H,5-6,11H2,1-4H3/t16-,18-/m0/s1. The number of methoxy groups -OCH3 is 1. The van der Waals surface area contributed by atoms with E-state index in [1.807, 2.05) is 38.1 Å². The summed E-state index contributed by atoms with van der Waals surface area (Å²) in [6, 6.07) is 7.19. The lowest BCUT2D eigenvalue weighted by molar-refractivity contribution is -0.132. The molecule has 1 saturated heterocycles. The number of hydrogen-bond donors (Lipinski definition) is 1. The predicted octanol–water partition coefficient (Wildman–Crippen LogP) is 2.86. The van der Waals surface area contributed by atoms with Crippen molar-refractivity contribution >= 4 is 5.91 Å². The van der Waals surface area contributed by atoms with Crippen LogP contribution in [0.1, 0.15) is 39.2 Å². The molecule has 0 spiro atoms. The summed E-state index contributed by atoms with van der Waals surface area (Å²) in [6.07, 6.45) is 3.36.